The number of fused-ring (bicyclic) bond motifs is 2. The molecule has 0 saturated heterocycles. The quantitative estimate of drug-likeness (QED) is 0.329. The number of alkyl halides is 1. The Morgan fingerprint density at radius 1 is 1.29 bits per heavy atom. The molecule has 92 valence electrons. The van der Waals surface area contributed by atoms with Gasteiger partial charge >= 0.3 is 0 Å². The van der Waals surface area contributed by atoms with Gasteiger partial charge in [-0.15, -0.1) is 0 Å². The summed E-state index contributed by atoms with van der Waals surface area (Å²) in [6.45, 7) is 7.27. The van der Waals surface area contributed by atoms with Crippen LogP contribution in [0.2, 0.25) is 0 Å². The Labute approximate surface area is 118 Å². The fourth-order valence-electron chi connectivity index (χ4n) is 4.06. The van der Waals surface area contributed by atoms with Crippen LogP contribution >= 0.6 is 22.6 Å². The van der Waals surface area contributed by atoms with Gasteiger partial charge in [-0.1, -0.05) is 65.8 Å². The van der Waals surface area contributed by atoms with Crippen molar-refractivity contribution in [2.75, 3.05) is 0 Å². The molecule has 0 aromatic carbocycles. The molecule has 3 aliphatic rings. The maximum Gasteiger partial charge on any atom is 0.0330 e. The molecule has 3 aliphatic carbocycles. The van der Waals surface area contributed by atoms with Crippen molar-refractivity contribution >= 4 is 22.6 Å². The maximum absolute atomic E-state index is 2.57. The summed E-state index contributed by atoms with van der Waals surface area (Å²) in [7, 11) is 0. The van der Waals surface area contributed by atoms with Crippen molar-refractivity contribution in [3.8, 4) is 0 Å². The van der Waals surface area contributed by atoms with E-state index in [-0.39, 0.29) is 0 Å². The van der Waals surface area contributed by atoms with Gasteiger partial charge in [-0.25, -0.2) is 0 Å². The molecule has 1 heteroatoms. The minimum Gasteiger partial charge on any atom is -0.0850 e. The first kappa shape index (κ1) is 12.0. The highest BCUT2D eigenvalue weighted by atomic mass is 127. The van der Waals surface area contributed by atoms with Gasteiger partial charge in [0, 0.05) is 3.92 Å². The summed E-state index contributed by atoms with van der Waals surface area (Å²) in [5.74, 6) is 1.66. The monoisotopic (exact) mass is 340 g/mol. The van der Waals surface area contributed by atoms with Gasteiger partial charge in [0.2, 0.25) is 0 Å². The van der Waals surface area contributed by atoms with E-state index in [1.54, 1.807) is 16.7 Å². The first-order chi connectivity index (χ1) is 8.00. The molecule has 3 atom stereocenters. The molecular formula is C16H21I. The molecule has 3 rings (SSSR count). The van der Waals surface area contributed by atoms with Crippen LogP contribution in [0, 0.1) is 17.3 Å². The summed E-state index contributed by atoms with van der Waals surface area (Å²) < 4.78 is 0.708. The van der Waals surface area contributed by atoms with Crippen LogP contribution in [-0.2, 0) is 0 Å². The van der Waals surface area contributed by atoms with Crippen molar-refractivity contribution in [2.24, 2.45) is 17.3 Å². The second-order valence-corrected chi connectivity index (χ2v) is 8.04. The molecule has 0 aromatic rings. The average molecular weight is 340 g/mol. The number of halogens is 1. The Hall–Kier alpha value is -0.0500. The number of allylic oxidation sites excluding steroid dienone is 6. The molecule has 0 amide bonds. The third kappa shape index (κ3) is 1.76. The molecule has 3 unspecified atom stereocenters. The third-order valence-corrected chi connectivity index (χ3v) is 5.94. The molecule has 0 heterocycles. The Morgan fingerprint density at radius 3 is 2.82 bits per heavy atom. The zero-order valence-electron chi connectivity index (χ0n) is 11.0. The highest BCUT2D eigenvalue weighted by Gasteiger charge is 2.48. The number of hydrogen-bond acceptors (Lipinski definition) is 0. The SMILES string of the molecule is CC1=CCC2C3=C(CC(I)C=C3)C(C)(C)C2C1. The summed E-state index contributed by atoms with van der Waals surface area (Å²) >= 11 is 2.57. The van der Waals surface area contributed by atoms with E-state index in [0.29, 0.717) is 9.34 Å². The van der Waals surface area contributed by atoms with E-state index in [1.807, 2.05) is 0 Å². The molecular weight excluding hydrogens is 319 g/mol. The van der Waals surface area contributed by atoms with Crippen LogP contribution < -0.4 is 0 Å². The minimum atomic E-state index is 0.420. The van der Waals surface area contributed by atoms with Gasteiger partial charge in [0.25, 0.3) is 0 Å². The van der Waals surface area contributed by atoms with Crippen LogP contribution in [0.4, 0.5) is 0 Å². The van der Waals surface area contributed by atoms with Gasteiger partial charge in [0.05, 0.1) is 0 Å². The fourth-order valence-corrected chi connectivity index (χ4v) is 4.71. The standard InChI is InChI=1S/C16H21I/c1-10-4-6-12-13-7-5-11(17)9-15(13)16(2,3)14(12)8-10/h4-5,7,11-12,14H,6,8-9H2,1-3H3. The first-order valence-corrected chi connectivity index (χ1v) is 7.96. The van der Waals surface area contributed by atoms with Crippen molar-refractivity contribution in [1.29, 1.82) is 0 Å². The van der Waals surface area contributed by atoms with E-state index >= 15 is 0 Å². The van der Waals surface area contributed by atoms with Crippen LogP contribution in [0.3, 0.4) is 0 Å². The van der Waals surface area contributed by atoms with Crippen molar-refractivity contribution in [2.45, 2.75) is 44.0 Å². The second-order valence-electron chi connectivity index (χ2n) is 6.44. The number of hydrogen-bond donors (Lipinski definition) is 0. The van der Waals surface area contributed by atoms with Crippen molar-refractivity contribution in [1.82, 2.24) is 0 Å². The van der Waals surface area contributed by atoms with Gasteiger partial charge in [-0.2, -0.15) is 0 Å². The molecule has 0 nitrogen and oxygen atoms in total. The van der Waals surface area contributed by atoms with E-state index in [9.17, 15) is 0 Å². The lowest BCUT2D eigenvalue weighted by atomic mass is 9.68. The van der Waals surface area contributed by atoms with Crippen molar-refractivity contribution in [3.63, 3.8) is 0 Å². The molecule has 0 bridgehead atoms. The normalized spacial score (nSPS) is 38.8. The summed E-state index contributed by atoms with van der Waals surface area (Å²) in [5.41, 5.74) is 5.48. The predicted octanol–water partition coefficient (Wildman–Crippen LogP) is 5.06. The lowest BCUT2D eigenvalue weighted by Crippen LogP contribution is -2.28. The molecule has 0 spiro atoms. The van der Waals surface area contributed by atoms with Gasteiger partial charge < -0.3 is 0 Å². The van der Waals surface area contributed by atoms with Gasteiger partial charge in [-0.05, 0) is 49.0 Å². The Bertz CT molecular complexity index is 436. The third-order valence-electron chi connectivity index (χ3n) is 5.08. The van der Waals surface area contributed by atoms with Crippen LogP contribution in [0.5, 0.6) is 0 Å². The smallest absolute Gasteiger partial charge is 0.0330 e. The van der Waals surface area contributed by atoms with E-state index in [1.165, 1.54) is 19.3 Å². The minimum absolute atomic E-state index is 0.420. The van der Waals surface area contributed by atoms with Crippen molar-refractivity contribution in [3.05, 3.63) is 34.9 Å². The Morgan fingerprint density at radius 2 is 2.06 bits per heavy atom. The van der Waals surface area contributed by atoms with E-state index in [0.717, 1.165) is 11.8 Å². The van der Waals surface area contributed by atoms with Gasteiger partial charge in [0.1, 0.15) is 0 Å². The van der Waals surface area contributed by atoms with E-state index in [2.05, 4.69) is 61.6 Å². The summed E-state index contributed by atoms with van der Waals surface area (Å²) in [5, 5.41) is 0. The molecule has 0 saturated carbocycles. The van der Waals surface area contributed by atoms with Gasteiger partial charge in [-0.3, -0.25) is 0 Å². The molecule has 0 N–H and O–H groups in total. The summed E-state index contributed by atoms with van der Waals surface area (Å²) in [4.78, 5) is 0. The van der Waals surface area contributed by atoms with Crippen LogP contribution in [0.1, 0.15) is 40.0 Å². The van der Waals surface area contributed by atoms with Crippen LogP contribution in [0.25, 0.3) is 0 Å². The highest BCUT2D eigenvalue weighted by Crippen LogP contribution is 2.58. The summed E-state index contributed by atoms with van der Waals surface area (Å²) in [6.07, 6.45) is 11.2. The molecule has 0 fully saturated rings. The Kier molecular flexibility index (Phi) is 2.81. The topological polar surface area (TPSA) is 0 Å². The first-order valence-electron chi connectivity index (χ1n) is 6.71. The number of rotatable bonds is 0. The summed E-state index contributed by atoms with van der Waals surface area (Å²) in [6, 6.07) is 0. The lowest BCUT2D eigenvalue weighted by molar-refractivity contribution is 0.221. The highest BCUT2D eigenvalue weighted by molar-refractivity contribution is 14.1. The largest absolute Gasteiger partial charge is 0.0850 e. The van der Waals surface area contributed by atoms with Crippen molar-refractivity contribution < 1.29 is 0 Å². The Balaban J connectivity index is 2.03. The van der Waals surface area contributed by atoms with E-state index in [4.69, 9.17) is 0 Å². The molecule has 17 heavy (non-hydrogen) atoms. The fraction of sp³-hybridized carbons (Fsp3) is 0.625. The van der Waals surface area contributed by atoms with Crippen LogP contribution in [0.15, 0.2) is 34.9 Å². The predicted molar refractivity (Wildman–Crippen MR) is 82.3 cm³/mol. The molecule has 0 radical (unpaired) electrons. The molecule has 0 aromatic heterocycles. The van der Waals surface area contributed by atoms with Crippen LogP contribution in [-0.4, -0.2) is 3.92 Å². The van der Waals surface area contributed by atoms with Gasteiger partial charge in [0.15, 0.2) is 0 Å². The van der Waals surface area contributed by atoms with E-state index < -0.39 is 0 Å². The second kappa shape index (κ2) is 3.97. The molecule has 0 aliphatic heterocycles. The zero-order valence-corrected chi connectivity index (χ0v) is 13.1. The average Bonchev–Trinajstić information content (AvgIpc) is 2.49. The zero-order chi connectivity index (χ0) is 12.2. The lowest BCUT2D eigenvalue weighted by Gasteiger charge is -2.36. The maximum atomic E-state index is 2.57.